The largest absolute Gasteiger partial charge is 0.497 e. The third kappa shape index (κ3) is 3.73. The Balaban J connectivity index is 2.64. The number of carbonyl (C=O) groups excluding carboxylic acids is 2. The fourth-order valence-corrected chi connectivity index (χ4v) is 1.32. The van der Waals surface area contributed by atoms with Crippen molar-refractivity contribution < 1.29 is 19.1 Å². The lowest BCUT2D eigenvalue weighted by molar-refractivity contribution is -0.118. The zero-order chi connectivity index (χ0) is 13.5. The highest BCUT2D eigenvalue weighted by atomic mass is 16.5. The van der Waals surface area contributed by atoms with E-state index in [1.165, 1.54) is 0 Å². The molecule has 0 atom stereocenters. The Kier molecular flexibility index (Phi) is 5.11. The molecular formula is C14H16O4. The van der Waals surface area contributed by atoms with Gasteiger partial charge in [-0.15, -0.1) is 0 Å². The molecule has 0 N–H and O–H groups in total. The summed E-state index contributed by atoms with van der Waals surface area (Å²) in [6, 6.07) is 6.43. The number of allylic oxidation sites excluding steroid dienone is 1. The molecule has 4 heteroatoms. The molecule has 0 saturated carbocycles. The van der Waals surface area contributed by atoms with Gasteiger partial charge in [-0.05, 0) is 30.7 Å². The molecule has 0 saturated heterocycles. The Morgan fingerprint density at radius 3 is 2.33 bits per heavy atom. The molecular weight excluding hydrogens is 232 g/mol. The number of rotatable bonds is 6. The van der Waals surface area contributed by atoms with Gasteiger partial charge in [-0.2, -0.15) is 0 Å². The van der Waals surface area contributed by atoms with E-state index in [1.807, 2.05) is 6.92 Å². The van der Waals surface area contributed by atoms with Crippen LogP contribution in [0.2, 0.25) is 0 Å². The van der Waals surface area contributed by atoms with Gasteiger partial charge in [-0.25, -0.2) is 4.79 Å². The lowest BCUT2D eigenvalue weighted by Crippen LogP contribution is -2.11. The van der Waals surface area contributed by atoms with E-state index in [4.69, 9.17) is 9.47 Å². The SMILES string of the molecule is C=C(OC(=O)c1ccc(OC)cc1)C(=O)CCC. The van der Waals surface area contributed by atoms with Gasteiger partial charge < -0.3 is 9.47 Å². The van der Waals surface area contributed by atoms with Gasteiger partial charge >= 0.3 is 5.97 Å². The van der Waals surface area contributed by atoms with E-state index < -0.39 is 5.97 Å². The molecule has 0 bridgehead atoms. The van der Waals surface area contributed by atoms with Crippen molar-refractivity contribution in [3.05, 3.63) is 42.2 Å². The summed E-state index contributed by atoms with van der Waals surface area (Å²) in [5.41, 5.74) is 0.348. The van der Waals surface area contributed by atoms with Crippen LogP contribution in [0.15, 0.2) is 36.6 Å². The fraction of sp³-hybridized carbons (Fsp3) is 0.286. The van der Waals surface area contributed by atoms with Gasteiger partial charge in [0.15, 0.2) is 11.5 Å². The predicted molar refractivity (Wildman–Crippen MR) is 67.5 cm³/mol. The number of carbonyl (C=O) groups is 2. The summed E-state index contributed by atoms with van der Waals surface area (Å²) in [5.74, 6) is -0.309. The molecule has 1 rings (SSSR count). The van der Waals surface area contributed by atoms with Gasteiger partial charge in [0, 0.05) is 6.42 Å². The summed E-state index contributed by atoms with van der Waals surface area (Å²) in [6.45, 7) is 5.33. The van der Waals surface area contributed by atoms with Gasteiger partial charge in [0.05, 0.1) is 12.7 Å². The molecule has 0 aliphatic heterocycles. The lowest BCUT2D eigenvalue weighted by Gasteiger charge is -2.06. The van der Waals surface area contributed by atoms with Crippen molar-refractivity contribution in [3.63, 3.8) is 0 Å². The minimum atomic E-state index is -0.591. The number of Topliss-reactive ketones (excluding diaryl/α,β-unsaturated/α-hetero) is 1. The highest BCUT2D eigenvalue weighted by Crippen LogP contribution is 2.13. The number of ether oxygens (including phenoxy) is 2. The molecule has 0 aliphatic rings. The molecule has 1 aromatic carbocycles. The van der Waals surface area contributed by atoms with Crippen molar-refractivity contribution in [1.29, 1.82) is 0 Å². The van der Waals surface area contributed by atoms with E-state index in [9.17, 15) is 9.59 Å². The fourth-order valence-electron chi connectivity index (χ4n) is 1.32. The first-order chi connectivity index (χ1) is 8.58. The van der Waals surface area contributed by atoms with E-state index >= 15 is 0 Å². The summed E-state index contributed by atoms with van der Waals surface area (Å²) in [7, 11) is 1.54. The summed E-state index contributed by atoms with van der Waals surface area (Å²) >= 11 is 0. The lowest BCUT2D eigenvalue weighted by atomic mass is 10.2. The second-order valence-corrected chi connectivity index (χ2v) is 3.71. The van der Waals surface area contributed by atoms with Crippen molar-refractivity contribution in [2.45, 2.75) is 19.8 Å². The molecule has 4 nitrogen and oxygen atoms in total. The maximum absolute atomic E-state index is 11.7. The van der Waals surface area contributed by atoms with Crippen LogP contribution in [0.25, 0.3) is 0 Å². The van der Waals surface area contributed by atoms with E-state index in [2.05, 4.69) is 6.58 Å². The molecule has 0 amide bonds. The van der Waals surface area contributed by atoms with Gasteiger partial charge in [-0.1, -0.05) is 13.5 Å². The van der Waals surface area contributed by atoms with E-state index in [0.29, 0.717) is 24.2 Å². The molecule has 0 aliphatic carbocycles. The molecule has 0 heterocycles. The molecule has 0 spiro atoms. The highest BCUT2D eigenvalue weighted by molar-refractivity contribution is 5.98. The van der Waals surface area contributed by atoms with Crippen molar-refractivity contribution in [2.75, 3.05) is 7.11 Å². The minimum Gasteiger partial charge on any atom is -0.497 e. The third-order valence-electron chi connectivity index (χ3n) is 2.33. The number of hydrogen-bond acceptors (Lipinski definition) is 4. The van der Waals surface area contributed by atoms with E-state index in [-0.39, 0.29) is 11.5 Å². The van der Waals surface area contributed by atoms with Crippen molar-refractivity contribution in [2.24, 2.45) is 0 Å². The maximum atomic E-state index is 11.7. The summed E-state index contributed by atoms with van der Waals surface area (Å²) < 4.78 is 9.88. The predicted octanol–water partition coefficient (Wildman–Crippen LogP) is 2.73. The third-order valence-corrected chi connectivity index (χ3v) is 2.33. The number of ketones is 1. The first-order valence-corrected chi connectivity index (χ1v) is 5.66. The number of benzene rings is 1. The minimum absolute atomic E-state index is 0.113. The number of methoxy groups -OCH3 is 1. The Morgan fingerprint density at radius 2 is 1.83 bits per heavy atom. The Labute approximate surface area is 106 Å². The van der Waals surface area contributed by atoms with Crippen LogP contribution in [-0.2, 0) is 9.53 Å². The van der Waals surface area contributed by atoms with Gasteiger partial charge in [0.2, 0.25) is 0 Å². The summed E-state index contributed by atoms with van der Waals surface area (Å²) in [4.78, 5) is 23.1. The number of hydrogen-bond donors (Lipinski definition) is 0. The van der Waals surface area contributed by atoms with Crippen LogP contribution in [0, 0.1) is 0 Å². The monoisotopic (exact) mass is 248 g/mol. The molecule has 1 aromatic rings. The van der Waals surface area contributed by atoms with Crippen molar-refractivity contribution in [3.8, 4) is 5.75 Å². The molecule has 18 heavy (non-hydrogen) atoms. The van der Waals surface area contributed by atoms with Crippen molar-refractivity contribution in [1.82, 2.24) is 0 Å². The molecule has 0 radical (unpaired) electrons. The molecule has 96 valence electrons. The maximum Gasteiger partial charge on any atom is 0.343 e. The average molecular weight is 248 g/mol. The standard InChI is InChI=1S/C14H16O4/c1-4-5-13(15)10(2)18-14(16)11-6-8-12(17-3)9-7-11/h6-9H,2,4-5H2,1,3H3. The van der Waals surface area contributed by atoms with Gasteiger partial charge in [0.1, 0.15) is 5.75 Å². The molecule has 0 unspecified atom stereocenters. The first kappa shape index (κ1) is 14.0. The molecule has 0 aromatic heterocycles. The summed E-state index contributed by atoms with van der Waals surface area (Å²) in [6.07, 6.45) is 1.02. The van der Waals surface area contributed by atoms with Crippen LogP contribution < -0.4 is 4.74 Å². The van der Waals surface area contributed by atoms with Crippen LogP contribution in [-0.4, -0.2) is 18.9 Å². The smallest absolute Gasteiger partial charge is 0.343 e. The van der Waals surface area contributed by atoms with Crippen molar-refractivity contribution >= 4 is 11.8 Å². The van der Waals surface area contributed by atoms with Crippen LogP contribution in [0.1, 0.15) is 30.1 Å². The first-order valence-electron chi connectivity index (χ1n) is 5.66. The number of esters is 1. The molecule has 0 fully saturated rings. The summed E-state index contributed by atoms with van der Waals surface area (Å²) in [5, 5.41) is 0. The second-order valence-electron chi connectivity index (χ2n) is 3.71. The zero-order valence-electron chi connectivity index (χ0n) is 10.6. The van der Waals surface area contributed by atoms with E-state index in [0.717, 1.165) is 0 Å². The Bertz CT molecular complexity index is 445. The van der Waals surface area contributed by atoms with E-state index in [1.54, 1.807) is 31.4 Å². The average Bonchev–Trinajstić information content (AvgIpc) is 2.39. The van der Waals surface area contributed by atoms with Crippen LogP contribution in [0.5, 0.6) is 5.75 Å². The van der Waals surface area contributed by atoms with Gasteiger partial charge in [-0.3, -0.25) is 4.79 Å². The second kappa shape index (κ2) is 6.59. The topological polar surface area (TPSA) is 52.6 Å². The Hall–Kier alpha value is -2.10. The van der Waals surface area contributed by atoms with Gasteiger partial charge in [0.25, 0.3) is 0 Å². The zero-order valence-corrected chi connectivity index (χ0v) is 10.6. The highest BCUT2D eigenvalue weighted by Gasteiger charge is 2.14. The van der Waals surface area contributed by atoms with Crippen LogP contribution in [0.3, 0.4) is 0 Å². The van der Waals surface area contributed by atoms with Crippen LogP contribution >= 0.6 is 0 Å². The Morgan fingerprint density at radius 1 is 1.22 bits per heavy atom. The van der Waals surface area contributed by atoms with Crippen LogP contribution in [0.4, 0.5) is 0 Å². The quantitative estimate of drug-likeness (QED) is 0.441. The normalized spacial score (nSPS) is 9.67.